The lowest BCUT2D eigenvalue weighted by atomic mass is 9.90. The van der Waals surface area contributed by atoms with Gasteiger partial charge in [0.15, 0.2) is 0 Å². The van der Waals surface area contributed by atoms with E-state index in [1.54, 1.807) is 11.8 Å². The third-order valence-electron chi connectivity index (χ3n) is 6.67. The van der Waals surface area contributed by atoms with Gasteiger partial charge in [-0.2, -0.15) is 0 Å². The van der Waals surface area contributed by atoms with Crippen molar-refractivity contribution in [3.05, 3.63) is 90.0 Å². The number of anilines is 2. The largest absolute Gasteiger partial charge is 0.379 e. The third kappa shape index (κ3) is 5.22. The predicted octanol–water partition coefficient (Wildman–Crippen LogP) is 4.23. The van der Waals surface area contributed by atoms with Gasteiger partial charge in [0.2, 0.25) is 11.8 Å². The molecule has 0 aliphatic carbocycles. The predicted molar refractivity (Wildman–Crippen MR) is 142 cm³/mol. The van der Waals surface area contributed by atoms with Crippen molar-refractivity contribution in [2.24, 2.45) is 4.99 Å². The summed E-state index contributed by atoms with van der Waals surface area (Å²) in [5.41, 5.74) is 4.90. The van der Waals surface area contributed by atoms with Crippen LogP contribution >= 0.6 is 0 Å². The molecule has 7 nitrogen and oxygen atoms in total. The Balaban J connectivity index is 1.42. The topological polar surface area (TPSA) is 74.2 Å². The number of benzene rings is 3. The van der Waals surface area contributed by atoms with E-state index in [1.165, 1.54) is 0 Å². The Labute approximate surface area is 211 Å². The number of aliphatic imine (C=N–C) groups is 1. The molecule has 2 heterocycles. The highest BCUT2D eigenvalue weighted by Crippen LogP contribution is 2.36. The number of hydrogen-bond acceptors (Lipinski definition) is 5. The van der Waals surface area contributed by atoms with Crippen LogP contribution in [0.4, 0.5) is 17.1 Å². The lowest BCUT2D eigenvalue weighted by Crippen LogP contribution is -2.42. The summed E-state index contributed by atoms with van der Waals surface area (Å²) in [6.45, 7) is 6.26. The number of nitrogens with one attached hydrogen (secondary N) is 1. The van der Waals surface area contributed by atoms with Crippen LogP contribution in [-0.4, -0.2) is 61.8 Å². The molecule has 0 saturated carbocycles. The Bertz CT molecular complexity index is 1250. The number of amides is 2. The maximum Gasteiger partial charge on any atom is 0.238 e. The van der Waals surface area contributed by atoms with Gasteiger partial charge < -0.3 is 15.0 Å². The highest BCUT2D eigenvalue weighted by molar-refractivity contribution is 6.24. The van der Waals surface area contributed by atoms with Crippen LogP contribution in [0.1, 0.15) is 24.0 Å². The molecule has 0 spiro atoms. The number of rotatable bonds is 7. The van der Waals surface area contributed by atoms with Crippen molar-refractivity contribution in [3.8, 4) is 0 Å². The first-order valence-corrected chi connectivity index (χ1v) is 12.3. The number of nitrogens with zero attached hydrogens (tertiary/aromatic N) is 3. The van der Waals surface area contributed by atoms with Crippen molar-refractivity contribution in [1.29, 1.82) is 0 Å². The molecule has 1 saturated heterocycles. The summed E-state index contributed by atoms with van der Waals surface area (Å²) in [4.78, 5) is 34.5. The van der Waals surface area contributed by atoms with Crippen LogP contribution in [-0.2, 0) is 14.3 Å². The zero-order valence-electron chi connectivity index (χ0n) is 20.4. The van der Waals surface area contributed by atoms with E-state index in [9.17, 15) is 9.59 Å². The van der Waals surface area contributed by atoms with Gasteiger partial charge in [-0.1, -0.05) is 48.5 Å². The fourth-order valence-corrected chi connectivity index (χ4v) is 4.77. The molecule has 2 aliphatic heterocycles. The van der Waals surface area contributed by atoms with Gasteiger partial charge in [-0.3, -0.25) is 19.5 Å². The fraction of sp³-hybridized carbons (Fsp3) is 0.276. The molecule has 1 unspecified atom stereocenters. The lowest BCUT2D eigenvalue weighted by molar-refractivity contribution is -0.117. The smallest absolute Gasteiger partial charge is 0.238 e. The molecule has 3 aromatic carbocycles. The summed E-state index contributed by atoms with van der Waals surface area (Å²) in [5, 5.41) is 2.99. The SMILES string of the molecule is CC(=O)N(CCN1CCOCC1)c1ccc(N=C(c2ccccc2)C2C(=O)Nc3ccccc32)cc1. The van der Waals surface area contributed by atoms with Crippen molar-refractivity contribution < 1.29 is 14.3 Å². The molecule has 2 aliphatic rings. The van der Waals surface area contributed by atoms with Crippen LogP contribution in [0.25, 0.3) is 0 Å². The number of carbonyl (C=O) groups is 2. The molecule has 2 amide bonds. The second-order valence-corrected chi connectivity index (χ2v) is 9.01. The van der Waals surface area contributed by atoms with Crippen LogP contribution < -0.4 is 10.2 Å². The first-order chi connectivity index (χ1) is 17.6. The molecule has 0 bridgehead atoms. The van der Waals surface area contributed by atoms with Crippen LogP contribution in [0.3, 0.4) is 0 Å². The van der Waals surface area contributed by atoms with Gasteiger partial charge in [-0.25, -0.2) is 0 Å². The minimum Gasteiger partial charge on any atom is -0.379 e. The summed E-state index contributed by atoms with van der Waals surface area (Å²) in [7, 11) is 0. The summed E-state index contributed by atoms with van der Waals surface area (Å²) in [6, 6.07) is 25.2. The molecule has 0 aromatic heterocycles. The number of fused-ring (bicyclic) bond motifs is 1. The molecule has 1 atom stereocenters. The van der Waals surface area contributed by atoms with Crippen molar-refractivity contribution in [2.45, 2.75) is 12.8 Å². The first-order valence-electron chi connectivity index (χ1n) is 12.3. The zero-order valence-corrected chi connectivity index (χ0v) is 20.4. The minimum atomic E-state index is -0.495. The molecule has 7 heteroatoms. The number of hydrogen-bond donors (Lipinski definition) is 1. The van der Waals surface area contributed by atoms with E-state index in [4.69, 9.17) is 9.73 Å². The highest BCUT2D eigenvalue weighted by Gasteiger charge is 2.35. The van der Waals surface area contributed by atoms with Gasteiger partial charge in [-0.05, 0) is 41.5 Å². The molecule has 1 fully saturated rings. The molecule has 36 heavy (non-hydrogen) atoms. The maximum absolute atomic E-state index is 13.0. The monoisotopic (exact) mass is 482 g/mol. The van der Waals surface area contributed by atoms with Crippen LogP contribution in [0.15, 0.2) is 83.9 Å². The van der Waals surface area contributed by atoms with E-state index in [0.29, 0.717) is 12.3 Å². The van der Waals surface area contributed by atoms with Gasteiger partial charge in [0.1, 0.15) is 5.92 Å². The Morgan fingerprint density at radius 2 is 1.69 bits per heavy atom. The highest BCUT2D eigenvalue weighted by atomic mass is 16.5. The standard InChI is InChI=1S/C29H30N4O3/c1-21(34)33(16-15-32-17-19-36-20-18-32)24-13-11-23(12-14-24)30-28(22-7-3-2-4-8-22)27-25-9-5-6-10-26(25)31-29(27)35/h2-14,27H,15-20H2,1H3,(H,31,35). The molecule has 1 N–H and O–H groups in total. The zero-order chi connectivity index (χ0) is 24.9. The number of ether oxygens (including phenoxy) is 1. The quantitative estimate of drug-likeness (QED) is 0.512. The lowest BCUT2D eigenvalue weighted by Gasteiger charge is -2.29. The van der Waals surface area contributed by atoms with E-state index in [2.05, 4.69) is 10.2 Å². The van der Waals surface area contributed by atoms with E-state index in [0.717, 1.165) is 61.0 Å². The fourth-order valence-electron chi connectivity index (χ4n) is 4.77. The first kappa shape index (κ1) is 23.9. The molecule has 5 rings (SSSR count). The van der Waals surface area contributed by atoms with Crippen molar-refractivity contribution >= 4 is 34.6 Å². The van der Waals surface area contributed by atoms with E-state index < -0.39 is 5.92 Å². The van der Waals surface area contributed by atoms with Crippen LogP contribution in [0, 0.1) is 0 Å². The maximum atomic E-state index is 13.0. The number of carbonyl (C=O) groups excluding carboxylic acids is 2. The average molecular weight is 483 g/mol. The van der Waals surface area contributed by atoms with Crippen LogP contribution in [0.2, 0.25) is 0 Å². The van der Waals surface area contributed by atoms with E-state index in [-0.39, 0.29) is 11.8 Å². The second kappa shape index (κ2) is 10.8. The number of para-hydroxylation sites is 1. The summed E-state index contributed by atoms with van der Waals surface area (Å²) < 4.78 is 5.42. The summed E-state index contributed by atoms with van der Waals surface area (Å²) in [5.74, 6) is -0.574. The van der Waals surface area contributed by atoms with Gasteiger partial charge >= 0.3 is 0 Å². The Kier molecular flexibility index (Phi) is 7.21. The van der Waals surface area contributed by atoms with Gasteiger partial charge in [0, 0.05) is 44.5 Å². The van der Waals surface area contributed by atoms with Crippen molar-refractivity contribution in [1.82, 2.24) is 4.90 Å². The second-order valence-electron chi connectivity index (χ2n) is 9.01. The van der Waals surface area contributed by atoms with Gasteiger partial charge in [-0.15, -0.1) is 0 Å². The third-order valence-corrected chi connectivity index (χ3v) is 6.67. The minimum absolute atomic E-state index is 0.00344. The van der Waals surface area contributed by atoms with Crippen molar-refractivity contribution in [2.75, 3.05) is 49.6 Å². The molecule has 184 valence electrons. The summed E-state index contributed by atoms with van der Waals surface area (Å²) >= 11 is 0. The van der Waals surface area contributed by atoms with Gasteiger partial charge in [0.25, 0.3) is 0 Å². The molecular formula is C29H30N4O3. The normalized spacial score (nSPS) is 18.0. The number of morpholine rings is 1. The van der Waals surface area contributed by atoms with Crippen molar-refractivity contribution in [3.63, 3.8) is 0 Å². The Hall–Kier alpha value is -3.81. The van der Waals surface area contributed by atoms with Gasteiger partial charge in [0.05, 0.1) is 24.6 Å². The Morgan fingerprint density at radius 3 is 2.42 bits per heavy atom. The molecular weight excluding hydrogens is 452 g/mol. The molecule has 0 radical (unpaired) electrons. The molecule has 3 aromatic rings. The summed E-state index contributed by atoms with van der Waals surface area (Å²) in [6.07, 6.45) is 0. The average Bonchev–Trinajstić information content (AvgIpc) is 3.24. The Morgan fingerprint density at radius 1 is 1.00 bits per heavy atom. The van der Waals surface area contributed by atoms with Crippen LogP contribution in [0.5, 0.6) is 0 Å². The van der Waals surface area contributed by atoms with E-state index in [1.807, 2.05) is 78.9 Å². The van der Waals surface area contributed by atoms with E-state index >= 15 is 0 Å².